The zero-order chi connectivity index (χ0) is 14.2. The highest BCUT2D eigenvalue weighted by Crippen LogP contribution is 2.29. The molecule has 1 atom stereocenters. The molecule has 0 spiro atoms. The van der Waals surface area contributed by atoms with E-state index in [9.17, 15) is 9.50 Å². The number of aromatic nitrogens is 1. The summed E-state index contributed by atoms with van der Waals surface area (Å²) in [5, 5.41) is 10.2. The molecular weight excluding hydrogens is 245 g/mol. The normalized spacial score (nSPS) is 13.4. The topological polar surface area (TPSA) is 40.8 Å². The minimum absolute atomic E-state index is 0.328. The summed E-state index contributed by atoms with van der Waals surface area (Å²) in [5.41, 5.74) is 1.96. The molecule has 1 heterocycles. The van der Waals surface area contributed by atoms with E-state index in [4.69, 9.17) is 0 Å². The number of hydrogen-bond donors (Lipinski definition) is 1. The molecule has 1 N–H and O–H groups in total. The van der Waals surface area contributed by atoms with Gasteiger partial charge in [0, 0.05) is 38.3 Å². The van der Waals surface area contributed by atoms with Gasteiger partial charge in [0.2, 0.25) is 0 Å². The maximum absolute atomic E-state index is 14.0. The molecular formula is C14H18FN3O. The third-order valence-electron chi connectivity index (χ3n) is 3.00. The van der Waals surface area contributed by atoms with Crippen molar-refractivity contribution in [3.8, 4) is 0 Å². The maximum atomic E-state index is 14.0. The lowest BCUT2D eigenvalue weighted by Crippen LogP contribution is -2.07. The summed E-state index contributed by atoms with van der Waals surface area (Å²) >= 11 is 0. The first kappa shape index (κ1) is 13.5. The largest absolute Gasteiger partial charge is 0.387 e. The molecule has 5 heteroatoms. The van der Waals surface area contributed by atoms with Crippen LogP contribution in [0.15, 0.2) is 23.2 Å². The van der Waals surface area contributed by atoms with Crippen molar-refractivity contribution in [1.82, 2.24) is 9.47 Å². The minimum Gasteiger partial charge on any atom is -0.387 e. The number of nitrogens with zero attached hydrogens (tertiary/aromatic N) is 3. The summed E-state index contributed by atoms with van der Waals surface area (Å²) in [4.78, 5) is 5.98. The lowest BCUT2D eigenvalue weighted by Gasteiger charge is -2.07. The zero-order valence-corrected chi connectivity index (χ0v) is 11.6. The van der Waals surface area contributed by atoms with Crippen molar-refractivity contribution in [2.24, 2.45) is 12.0 Å². The first-order valence-electron chi connectivity index (χ1n) is 6.07. The average molecular weight is 263 g/mol. The van der Waals surface area contributed by atoms with Crippen molar-refractivity contribution in [2.45, 2.75) is 13.0 Å². The Morgan fingerprint density at radius 3 is 2.63 bits per heavy atom. The van der Waals surface area contributed by atoms with Gasteiger partial charge in [-0.05, 0) is 19.1 Å². The number of rotatable bonds is 3. The predicted molar refractivity (Wildman–Crippen MR) is 75.3 cm³/mol. The van der Waals surface area contributed by atoms with E-state index in [1.54, 1.807) is 28.8 Å². The number of benzene rings is 1. The molecule has 1 aromatic carbocycles. The van der Waals surface area contributed by atoms with Crippen LogP contribution in [0, 0.1) is 5.82 Å². The van der Waals surface area contributed by atoms with Crippen LogP contribution in [0.5, 0.6) is 0 Å². The van der Waals surface area contributed by atoms with Crippen LogP contribution in [-0.4, -0.2) is 35.0 Å². The first-order valence-corrected chi connectivity index (χ1v) is 6.07. The van der Waals surface area contributed by atoms with Gasteiger partial charge in [0.25, 0.3) is 0 Å². The number of halogens is 1. The summed E-state index contributed by atoms with van der Waals surface area (Å²) in [5.74, 6) is -0.328. The van der Waals surface area contributed by atoms with Gasteiger partial charge in [-0.3, -0.25) is 0 Å². The molecule has 0 saturated carbocycles. The number of fused-ring (bicyclic) bond motifs is 1. The van der Waals surface area contributed by atoms with Gasteiger partial charge in [-0.15, -0.1) is 0 Å². The molecule has 0 saturated heterocycles. The van der Waals surface area contributed by atoms with E-state index in [-0.39, 0.29) is 5.82 Å². The Labute approximate surface area is 111 Å². The monoisotopic (exact) mass is 263 g/mol. The van der Waals surface area contributed by atoms with Gasteiger partial charge in [0.15, 0.2) is 0 Å². The summed E-state index contributed by atoms with van der Waals surface area (Å²) in [6.45, 7) is 1.66. The molecule has 0 unspecified atom stereocenters. The van der Waals surface area contributed by atoms with Crippen LogP contribution in [0.4, 0.5) is 10.1 Å². The second kappa shape index (κ2) is 5.01. The number of aliphatic imine (C=N–C) groups is 1. The van der Waals surface area contributed by atoms with Gasteiger partial charge in [-0.25, -0.2) is 9.38 Å². The fraction of sp³-hybridized carbons (Fsp3) is 0.357. The van der Waals surface area contributed by atoms with E-state index in [1.165, 1.54) is 6.07 Å². The Morgan fingerprint density at radius 2 is 2.05 bits per heavy atom. The van der Waals surface area contributed by atoms with Gasteiger partial charge in [-0.2, -0.15) is 0 Å². The lowest BCUT2D eigenvalue weighted by atomic mass is 10.2. The Bertz CT molecular complexity index is 629. The first-order chi connectivity index (χ1) is 8.90. The van der Waals surface area contributed by atoms with E-state index < -0.39 is 6.10 Å². The number of aliphatic hydroxyl groups excluding tert-OH is 1. The second-order valence-corrected chi connectivity index (χ2v) is 4.87. The highest BCUT2D eigenvalue weighted by Gasteiger charge is 2.13. The smallest absolute Gasteiger partial charge is 0.134 e. The van der Waals surface area contributed by atoms with Gasteiger partial charge >= 0.3 is 0 Å². The third kappa shape index (κ3) is 2.61. The van der Waals surface area contributed by atoms with E-state index in [0.717, 1.165) is 5.52 Å². The van der Waals surface area contributed by atoms with Crippen molar-refractivity contribution in [1.29, 1.82) is 0 Å². The lowest BCUT2D eigenvalue weighted by molar-refractivity contribution is 0.191. The number of aryl methyl sites for hydroxylation is 1. The van der Waals surface area contributed by atoms with Gasteiger partial charge in [0.1, 0.15) is 5.82 Å². The van der Waals surface area contributed by atoms with Crippen molar-refractivity contribution >= 4 is 22.9 Å². The highest BCUT2D eigenvalue weighted by atomic mass is 19.1. The van der Waals surface area contributed by atoms with E-state index in [2.05, 4.69) is 4.99 Å². The molecule has 0 radical (unpaired) electrons. The quantitative estimate of drug-likeness (QED) is 0.683. The van der Waals surface area contributed by atoms with E-state index in [1.807, 2.05) is 27.2 Å². The molecule has 0 aliphatic carbocycles. The van der Waals surface area contributed by atoms with E-state index >= 15 is 0 Å². The van der Waals surface area contributed by atoms with Crippen LogP contribution in [0.25, 0.3) is 10.9 Å². The molecule has 0 aliphatic rings. The van der Waals surface area contributed by atoms with Crippen molar-refractivity contribution in [2.75, 3.05) is 14.1 Å². The molecule has 0 fully saturated rings. The SMILES string of the molecule is C[C@H](O)c1cc2c(F)cc(N=CN(C)C)cc2n1C. The predicted octanol–water partition coefficient (Wildman–Crippen LogP) is 2.59. The van der Waals surface area contributed by atoms with Crippen LogP contribution >= 0.6 is 0 Å². The van der Waals surface area contributed by atoms with Crippen LogP contribution < -0.4 is 0 Å². The molecule has 0 bridgehead atoms. The molecule has 2 aromatic rings. The van der Waals surface area contributed by atoms with Crippen LogP contribution in [0.3, 0.4) is 0 Å². The fourth-order valence-corrected chi connectivity index (χ4v) is 2.05. The maximum Gasteiger partial charge on any atom is 0.134 e. The Hall–Kier alpha value is -1.88. The van der Waals surface area contributed by atoms with Crippen LogP contribution in [0.1, 0.15) is 18.7 Å². The molecule has 102 valence electrons. The van der Waals surface area contributed by atoms with Crippen LogP contribution in [-0.2, 0) is 7.05 Å². The van der Waals surface area contributed by atoms with Gasteiger partial charge in [-0.1, -0.05) is 0 Å². The Morgan fingerprint density at radius 1 is 1.37 bits per heavy atom. The summed E-state index contributed by atoms with van der Waals surface area (Å²) < 4.78 is 15.8. The molecule has 19 heavy (non-hydrogen) atoms. The second-order valence-electron chi connectivity index (χ2n) is 4.87. The zero-order valence-electron chi connectivity index (χ0n) is 11.6. The molecule has 4 nitrogen and oxygen atoms in total. The Balaban J connectivity index is 2.59. The summed E-state index contributed by atoms with van der Waals surface area (Å²) in [7, 11) is 5.52. The minimum atomic E-state index is -0.634. The molecule has 0 amide bonds. The molecule has 2 rings (SSSR count). The summed E-state index contributed by atoms with van der Waals surface area (Å²) in [6, 6.07) is 4.88. The number of aliphatic hydroxyl groups is 1. The van der Waals surface area contributed by atoms with Crippen molar-refractivity contribution in [3.05, 3.63) is 29.7 Å². The molecule has 1 aromatic heterocycles. The standard InChI is InChI=1S/C14H18FN3O/c1-9(19)13-7-11-12(15)5-10(16-8-17(2)3)6-14(11)18(13)4/h5-9,19H,1-4H3/t9-/m0/s1. The van der Waals surface area contributed by atoms with Crippen molar-refractivity contribution < 1.29 is 9.50 Å². The third-order valence-corrected chi connectivity index (χ3v) is 3.00. The average Bonchev–Trinajstić information content (AvgIpc) is 2.65. The number of hydrogen-bond acceptors (Lipinski definition) is 2. The van der Waals surface area contributed by atoms with E-state index in [0.29, 0.717) is 16.8 Å². The Kier molecular flexibility index (Phi) is 3.57. The van der Waals surface area contributed by atoms with Crippen LogP contribution in [0.2, 0.25) is 0 Å². The fourth-order valence-electron chi connectivity index (χ4n) is 2.05. The highest BCUT2D eigenvalue weighted by molar-refractivity contribution is 5.85. The van der Waals surface area contributed by atoms with Crippen molar-refractivity contribution in [3.63, 3.8) is 0 Å². The summed E-state index contributed by atoms with van der Waals surface area (Å²) in [6.07, 6.45) is 0.990. The van der Waals surface area contributed by atoms with Gasteiger partial charge < -0.3 is 14.6 Å². The molecule has 0 aliphatic heterocycles. The van der Waals surface area contributed by atoms with Gasteiger partial charge in [0.05, 0.1) is 23.6 Å².